The number of aliphatic hydroxyl groups excluding tert-OH is 1. The van der Waals surface area contributed by atoms with Gasteiger partial charge in [0.2, 0.25) is 0 Å². The molecule has 1 unspecified atom stereocenters. The van der Waals surface area contributed by atoms with E-state index in [4.69, 9.17) is 4.74 Å². The minimum absolute atomic E-state index is 0.440. The number of hydrogen-bond acceptors (Lipinski definition) is 4. The van der Waals surface area contributed by atoms with E-state index in [1.54, 1.807) is 6.20 Å². The molecule has 1 N–H and O–H groups in total. The second kappa shape index (κ2) is 7.43. The van der Waals surface area contributed by atoms with Gasteiger partial charge in [0.1, 0.15) is 6.23 Å². The van der Waals surface area contributed by atoms with Crippen molar-refractivity contribution in [1.29, 1.82) is 0 Å². The molecule has 0 aliphatic carbocycles. The summed E-state index contributed by atoms with van der Waals surface area (Å²) in [6, 6.07) is 2.01. The quantitative estimate of drug-likeness (QED) is 0.760. The Kier molecular flexibility index (Phi) is 5.30. The monoisotopic (exact) mass is 317 g/mol. The Hall–Kier alpha value is -1.43. The van der Waals surface area contributed by atoms with Gasteiger partial charge in [-0.15, -0.1) is 0 Å². The highest BCUT2D eigenvalue weighted by Crippen LogP contribution is 2.23. The van der Waals surface area contributed by atoms with Crippen molar-refractivity contribution in [2.24, 2.45) is 5.92 Å². The minimum Gasteiger partial charge on any atom is -0.381 e. The molecule has 0 aromatic carbocycles. The maximum atomic E-state index is 10.5. The number of pyridine rings is 1. The van der Waals surface area contributed by atoms with E-state index >= 15 is 0 Å². The maximum absolute atomic E-state index is 10.5. The van der Waals surface area contributed by atoms with Crippen LogP contribution in [0, 0.1) is 12.8 Å². The number of hydrogen-bond donors (Lipinski definition) is 1. The normalized spacial score (nSPS) is 17.5. The first-order valence-electron chi connectivity index (χ1n) is 8.58. The molecule has 5 heteroatoms. The molecule has 23 heavy (non-hydrogen) atoms. The van der Waals surface area contributed by atoms with E-state index in [0.717, 1.165) is 43.6 Å². The summed E-state index contributed by atoms with van der Waals surface area (Å²) >= 11 is 0. The number of ether oxygens (including phenoxy) is 1. The van der Waals surface area contributed by atoms with Crippen LogP contribution in [0.1, 0.15) is 25.3 Å². The van der Waals surface area contributed by atoms with E-state index in [2.05, 4.69) is 34.5 Å². The molecule has 1 aliphatic heterocycles. The van der Waals surface area contributed by atoms with Crippen LogP contribution in [0.25, 0.3) is 10.9 Å². The first-order valence-corrected chi connectivity index (χ1v) is 8.58. The van der Waals surface area contributed by atoms with Crippen molar-refractivity contribution in [2.75, 3.05) is 26.3 Å². The molecule has 1 saturated heterocycles. The average Bonchev–Trinajstić information content (AvgIpc) is 2.82. The number of aliphatic hydroxyl groups is 1. The third-order valence-electron chi connectivity index (χ3n) is 4.64. The van der Waals surface area contributed by atoms with E-state index in [-0.39, 0.29) is 0 Å². The summed E-state index contributed by atoms with van der Waals surface area (Å²) in [5, 5.41) is 11.6. The predicted octanol–water partition coefficient (Wildman–Crippen LogP) is 2.41. The number of aryl methyl sites for hydroxylation is 1. The fourth-order valence-corrected chi connectivity index (χ4v) is 3.21. The van der Waals surface area contributed by atoms with Crippen molar-refractivity contribution in [3.05, 3.63) is 30.2 Å². The van der Waals surface area contributed by atoms with Crippen molar-refractivity contribution in [3.8, 4) is 0 Å². The van der Waals surface area contributed by atoms with E-state index in [1.807, 2.05) is 12.3 Å². The molecule has 2 aromatic rings. The lowest BCUT2D eigenvalue weighted by Crippen LogP contribution is -2.54. The Balaban J connectivity index is 1.49. The van der Waals surface area contributed by atoms with E-state index in [1.165, 1.54) is 12.0 Å². The van der Waals surface area contributed by atoms with Crippen molar-refractivity contribution in [1.82, 2.24) is 14.5 Å². The molecular weight excluding hydrogens is 290 g/mol. The molecule has 2 aromatic heterocycles. The molecular formula is C18H27N3O2. The van der Waals surface area contributed by atoms with Crippen LogP contribution in [-0.4, -0.2) is 52.1 Å². The number of aromatic nitrogens is 2. The van der Waals surface area contributed by atoms with Gasteiger partial charge in [-0.25, -0.2) is 0 Å². The lowest BCUT2D eigenvalue weighted by atomic mass is 10.0. The van der Waals surface area contributed by atoms with Crippen LogP contribution in [0.15, 0.2) is 24.7 Å². The van der Waals surface area contributed by atoms with Crippen molar-refractivity contribution >= 4 is 10.9 Å². The van der Waals surface area contributed by atoms with Crippen molar-refractivity contribution < 1.29 is 9.84 Å². The zero-order valence-corrected chi connectivity index (χ0v) is 14.1. The Bertz CT molecular complexity index is 634. The molecule has 3 rings (SSSR count). The molecule has 0 bridgehead atoms. The Morgan fingerprint density at radius 3 is 3.04 bits per heavy atom. The number of fused-ring (bicyclic) bond motifs is 1. The summed E-state index contributed by atoms with van der Waals surface area (Å²) in [5.41, 5.74) is 2.34. The zero-order valence-electron chi connectivity index (χ0n) is 14.1. The lowest BCUT2D eigenvalue weighted by molar-refractivity contribution is -0.0904. The van der Waals surface area contributed by atoms with Gasteiger partial charge in [0.05, 0.1) is 18.7 Å². The smallest absolute Gasteiger partial charge is 0.125 e. The fraction of sp³-hybridized carbons (Fsp3) is 0.611. The number of rotatable bonds is 8. The molecule has 5 nitrogen and oxygen atoms in total. The van der Waals surface area contributed by atoms with Gasteiger partial charge in [-0.05, 0) is 25.0 Å². The highest BCUT2D eigenvalue weighted by molar-refractivity contribution is 5.82. The highest BCUT2D eigenvalue weighted by Gasteiger charge is 2.31. The Morgan fingerprint density at radius 2 is 2.26 bits per heavy atom. The van der Waals surface area contributed by atoms with Gasteiger partial charge in [0.25, 0.3) is 0 Å². The van der Waals surface area contributed by atoms with Gasteiger partial charge in [-0.3, -0.25) is 9.88 Å². The number of likely N-dealkylation sites (tertiary alicyclic amines) is 1. The first-order chi connectivity index (χ1) is 11.2. The molecule has 1 atom stereocenters. The van der Waals surface area contributed by atoms with Gasteiger partial charge in [-0.2, -0.15) is 0 Å². The first kappa shape index (κ1) is 16.4. The van der Waals surface area contributed by atoms with Crippen LogP contribution in [0.5, 0.6) is 0 Å². The van der Waals surface area contributed by atoms with Crippen LogP contribution >= 0.6 is 0 Å². The van der Waals surface area contributed by atoms with Crippen LogP contribution in [0.3, 0.4) is 0 Å². The van der Waals surface area contributed by atoms with Gasteiger partial charge in [-0.1, -0.05) is 13.3 Å². The largest absolute Gasteiger partial charge is 0.381 e. The second-order valence-corrected chi connectivity index (χ2v) is 6.59. The van der Waals surface area contributed by atoms with E-state index in [9.17, 15) is 5.11 Å². The predicted molar refractivity (Wildman–Crippen MR) is 91.3 cm³/mol. The topological polar surface area (TPSA) is 50.5 Å². The molecule has 126 valence electrons. The summed E-state index contributed by atoms with van der Waals surface area (Å²) in [4.78, 5) is 6.30. The van der Waals surface area contributed by atoms with Crippen molar-refractivity contribution in [3.63, 3.8) is 0 Å². The number of unbranched alkanes of at least 4 members (excludes halogenated alkanes) is 1. The van der Waals surface area contributed by atoms with E-state index in [0.29, 0.717) is 12.5 Å². The molecule has 1 fully saturated rings. The summed E-state index contributed by atoms with van der Waals surface area (Å²) in [6.45, 7) is 8.38. The van der Waals surface area contributed by atoms with Gasteiger partial charge < -0.3 is 14.4 Å². The second-order valence-electron chi connectivity index (χ2n) is 6.59. The lowest BCUT2D eigenvalue weighted by Gasteiger charge is -2.42. The number of nitrogens with zero attached hydrogens (tertiary/aromatic N) is 3. The van der Waals surface area contributed by atoms with E-state index < -0.39 is 6.23 Å². The molecule has 0 radical (unpaired) electrons. The summed E-state index contributed by atoms with van der Waals surface area (Å²) < 4.78 is 7.79. The van der Waals surface area contributed by atoms with Crippen molar-refractivity contribution in [2.45, 2.75) is 39.5 Å². The summed E-state index contributed by atoms with van der Waals surface area (Å²) in [6.07, 6.45) is 7.66. The van der Waals surface area contributed by atoms with Gasteiger partial charge in [0, 0.05) is 49.6 Å². The SMILES string of the molecule is CCCCOCC1CN(C(O)Cn2cc(C)c3cnccc32)C1. The molecule has 0 amide bonds. The van der Waals surface area contributed by atoms with Gasteiger partial charge in [0.15, 0.2) is 0 Å². The average molecular weight is 317 g/mol. The molecule has 0 spiro atoms. The van der Waals surface area contributed by atoms with Crippen LogP contribution < -0.4 is 0 Å². The molecule has 0 saturated carbocycles. The standard InChI is InChI=1S/C18H27N3O2/c1-3-4-7-23-13-15-10-21(11-15)18(22)12-20-9-14(2)16-8-19-6-5-17(16)20/h5-6,8-9,15,18,22H,3-4,7,10-13H2,1-2H3. The highest BCUT2D eigenvalue weighted by atomic mass is 16.5. The maximum Gasteiger partial charge on any atom is 0.125 e. The molecule has 3 heterocycles. The molecule has 1 aliphatic rings. The minimum atomic E-state index is -0.440. The van der Waals surface area contributed by atoms with Crippen LogP contribution in [0.4, 0.5) is 0 Å². The summed E-state index contributed by atoms with van der Waals surface area (Å²) in [5.74, 6) is 0.564. The third kappa shape index (κ3) is 3.74. The van der Waals surface area contributed by atoms with Crippen LogP contribution in [-0.2, 0) is 11.3 Å². The summed E-state index contributed by atoms with van der Waals surface area (Å²) in [7, 11) is 0. The van der Waals surface area contributed by atoms with Crippen LogP contribution in [0.2, 0.25) is 0 Å². The fourth-order valence-electron chi connectivity index (χ4n) is 3.21. The Labute approximate surface area is 137 Å². The van der Waals surface area contributed by atoms with Gasteiger partial charge >= 0.3 is 0 Å². The third-order valence-corrected chi connectivity index (χ3v) is 4.64. The Morgan fingerprint density at radius 1 is 1.43 bits per heavy atom. The zero-order chi connectivity index (χ0) is 16.2.